The maximum Gasteiger partial charge on any atom is 0.323 e. The van der Waals surface area contributed by atoms with Crippen LogP contribution in [-0.2, 0) is 16.0 Å². The second-order valence-electron chi connectivity index (χ2n) is 11.6. The monoisotopic (exact) mass is 600 g/mol. The standard InChI is InChI=1S/C37H32N2O4S/c40-35(41)23-38-36(42)34(44-37(38)43)22-25-16-19-33-31(21-25)29-12-7-13-32(29)39(33)28-17-14-24(15-18-28)20-30(26-8-3-1-4-9-26)27-10-5-2-6-11-27/h1-6,8-11,14-21,29,32,34H,7,12-13,22-23H2,(H,40,41). The van der Waals surface area contributed by atoms with Crippen molar-refractivity contribution >= 4 is 51.9 Å². The number of amides is 2. The predicted octanol–water partition coefficient (Wildman–Crippen LogP) is 7.75. The first-order valence-corrected chi connectivity index (χ1v) is 15.9. The molecule has 7 rings (SSSR count). The van der Waals surface area contributed by atoms with Crippen molar-refractivity contribution in [2.45, 2.75) is 42.9 Å². The average molecular weight is 601 g/mol. The Hall–Kier alpha value is -4.62. The maximum absolute atomic E-state index is 12.8. The van der Waals surface area contributed by atoms with Gasteiger partial charge >= 0.3 is 5.97 Å². The third-order valence-corrected chi connectivity index (χ3v) is 10.0. The van der Waals surface area contributed by atoms with Crippen LogP contribution >= 0.6 is 11.8 Å². The molecule has 1 saturated heterocycles. The van der Waals surface area contributed by atoms with Gasteiger partial charge in [0.15, 0.2) is 0 Å². The Balaban J connectivity index is 1.15. The summed E-state index contributed by atoms with van der Waals surface area (Å²) < 4.78 is 0. The van der Waals surface area contributed by atoms with Crippen LogP contribution < -0.4 is 4.90 Å². The quantitative estimate of drug-likeness (QED) is 0.208. The molecule has 7 heteroatoms. The van der Waals surface area contributed by atoms with Gasteiger partial charge in [0.25, 0.3) is 5.24 Å². The van der Waals surface area contributed by atoms with Crippen molar-refractivity contribution in [2.75, 3.05) is 11.4 Å². The molecular formula is C37H32N2O4S. The van der Waals surface area contributed by atoms with Crippen molar-refractivity contribution in [3.8, 4) is 0 Å². The molecule has 0 bridgehead atoms. The summed E-state index contributed by atoms with van der Waals surface area (Å²) in [6.45, 7) is -0.585. The van der Waals surface area contributed by atoms with Crippen LogP contribution in [0.3, 0.4) is 0 Å². The number of hydrogen-bond donors (Lipinski definition) is 1. The number of benzene rings is 4. The fourth-order valence-corrected chi connectivity index (χ4v) is 7.98. The molecule has 3 aliphatic rings. The van der Waals surface area contributed by atoms with E-state index in [0.29, 0.717) is 18.4 Å². The molecule has 220 valence electrons. The van der Waals surface area contributed by atoms with E-state index in [0.717, 1.165) is 40.6 Å². The van der Waals surface area contributed by atoms with Crippen molar-refractivity contribution in [3.63, 3.8) is 0 Å². The maximum atomic E-state index is 12.8. The van der Waals surface area contributed by atoms with Gasteiger partial charge in [-0.2, -0.15) is 0 Å². The van der Waals surface area contributed by atoms with Crippen molar-refractivity contribution in [1.29, 1.82) is 0 Å². The summed E-state index contributed by atoms with van der Waals surface area (Å²) in [4.78, 5) is 39.5. The third kappa shape index (κ3) is 5.33. The molecule has 44 heavy (non-hydrogen) atoms. The van der Waals surface area contributed by atoms with E-state index in [4.69, 9.17) is 5.11 Å². The molecule has 1 N–H and O–H groups in total. The van der Waals surface area contributed by atoms with Gasteiger partial charge in [-0.1, -0.05) is 103 Å². The normalized spacial score (nSPS) is 20.5. The molecule has 3 unspecified atom stereocenters. The number of hydrogen-bond acceptors (Lipinski definition) is 5. The van der Waals surface area contributed by atoms with E-state index in [1.54, 1.807) is 0 Å². The Morgan fingerprint density at radius 2 is 1.55 bits per heavy atom. The van der Waals surface area contributed by atoms with E-state index in [9.17, 15) is 14.4 Å². The molecule has 2 fully saturated rings. The minimum Gasteiger partial charge on any atom is -0.480 e. The molecule has 0 spiro atoms. The van der Waals surface area contributed by atoms with E-state index >= 15 is 0 Å². The van der Waals surface area contributed by atoms with Crippen LogP contribution in [-0.4, -0.2) is 45.0 Å². The van der Waals surface area contributed by atoms with Gasteiger partial charge in [0.2, 0.25) is 5.91 Å². The molecular weight excluding hydrogens is 568 g/mol. The Morgan fingerprint density at radius 1 is 0.864 bits per heavy atom. The second-order valence-corrected chi connectivity index (χ2v) is 12.8. The summed E-state index contributed by atoms with van der Waals surface area (Å²) in [7, 11) is 0. The number of carboxylic acids is 1. The third-order valence-electron chi connectivity index (χ3n) is 8.93. The first-order chi connectivity index (χ1) is 21.5. The van der Waals surface area contributed by atoms with Crippen LogP contribution in [0, 0.1) is 0 Å². The molecule has 1 saturated carbocycles. The van der Waals surface area contributed by atoms with Crippen LogP contribution in [0.5, 0.6) is 0 Å². The Labute approximate surface area is 261 Å². The van der Waals surface area contributed by atoms with Gasteiger partial charge in [0.1, 0.15) is 6.54 Å². The number of carboxylic acid groups (broad SMARTS) is 1. The van der Waals surface area contributed by atoms with Gasteiger partial charge in [-0.3, -0.25) is 19.3 Å². The number of carbonyl (C=O) groups excluding carboxylic acids is 2. The lowest BCUT2D eigenvalue weighted by Gasteiger charge is -2.27. The molecule has 1 aliphatic carbocycles. The molecule has 4 aromatic rings. The lowest BCUT2D eigenvalue weighted by atomic mass is 9.95. The van der Waals surface area contributed by atoms with Gasteiger partial charge in [-0.25, -0.2) is 0 Å². The fraction of sp³-hybridized carbons (Fsp3) is 0.216. The molecule has 0 radical (unpaired) electrons. The topological polar surface area (TPSA) is 77.9 Å². The number of carbonyl (C=O) groups is 3. The van der Waals surface area contributed by atoms with Crippen LogP contribution in [0.4, 0.5) is 16.2 Å². The highest BCUT2D eigenvalue weighted by atomic mass is 32.2. The number of anilines is 2. The summed E-state index contributed by atoms with van der Waals surface area (Å²) in [5, 5.41) is 8.01. The van der Waals surface area contributed by atoms with Gasteiger partial charge < -0.3 is 10.0 Å². The van der Waals surface area contributed by atoms with Gasteiger partial charge in [-0.05, 0) is 76.9 Å². The van der Waals surface area contributed by atoms with Crippen molar-refractivity contribution < 1.29 is 19.5 Å². The number of fused-ring (bicyclic) bond motifs is 3. The summed E-state index contributed by atoms with van der Waals surface area (Å²) >= 11 is 0.930. The van der Waals surface area contributed by atoms with Crippen LogP contribution in [0.15, 0.2) is 103 Å². The lowest BCUT2D eigenvalue weighted by molar-refractivity contribution is -0.141. The van der Waals surface area contributed by atoms with Gasteiger partial charge in [0.05, 0.1) is 5.25 Å². The van der Waals surface area contributed by atoms with Crippen molar-refractivity contribution in [1.82, 2.24) is 4.90 Å². The van der Waals surface area contributed by atoms with E-state index < -0.39 is 28.9 Å². The van der Waals surface area contributed by atoms with Crippen molar-refractivity contribution in [3.05, 3.63) is 131 Å². The minimum absolute atomic E-state index is 0.390. The molecule has 4 aromatic carbocycles. The van der Waals surface area contributed by atoms with Crippen molar-refractivity contribution in [2.24, 2.45) is 0 Å². The molecule has 2 amide bonds. The second kappa shape index (κ2) is 11.8. The zero-order chi connectivity index (χ0) is 30.2. The molecule has 2 heterocycles. The summed E-state index contributed by atoms with van der Waals surface area (Å²) in [6.07, 6.45) is 6.07. The summed E-state index contributed by atoms with van der Waals surface area (Å²) in [5.41, 5.74) is 9.35. The molecule has 2 aliphatic heterocycles. The summed E-state index contributed by atoms with van der Waals surface area (Å²) in [5.74, 6) is -1.18. The Bertz CT molecular complexity index is 1710. The van der Waals surface area contributed by atoms with E-state index in [-0.39, 0.29) is 0 Å². The molecule has 0 aromatic heterocycles. The highest BCUT2D eigenvalue weighted by Crippen LogP contribution is 2.52. The smallest absolute Gasteiger partial charge is 0.323 e. The zero-order valence-electron chi connectivity index (χ0n) is 24.1. The fourth-order valence-electron chi connectivity index (χ4n) is 6.96. The number of nitrogens with zero attached hydrogens (tertiary/aromatic N) is 2. The van der Waals surface area contributed by atoms with Gasteiger partial charge in [-0.15, -0.1) is 0 Å². The number of thioether (sulfide) groups is 1. The van der Waals surface area contributed by atoms with Crippen LogP contribution in [0.2, 0.25) is 0 Å². The zero-order valence-corrected chi connectivity index (χ0v) is 25.0. The minimum atomic E-state index is -1.19. The number of aliphatic carboxylic acids is 1. The summed E-state index contributed by atoms with van der Waals surface area (Å²) in [6, 6.07) is 36.6. The molecule has 3 atom stereocenters. The highest BCUT2D eigenvalue weighted by molar-refractivity contribution is 8.15. The molecule has 6 nitrogen and oxygen atoms in total. The highest BCUT2D eigenvalue weighted by Gasteiger charge is 2.43. The first kappa shape index (κ1) is 28.2. The number of imide groups is 1. The SMILES string of the molecule is O=C(O)CN1C(=O)SC(Cc2ccc3c(c2)C2CCCC2N3c2ccc(C=C(c3ccccc3)c3ccccc3)cc2)C1=O. The first-order valence-electron chi connectivity index (χ1n) is 15.0. The lowest BCUT2D eigenvalue weighted by Crippen LogP contribution is -2.36. The van der Waals surface area contributed by atoms with E-state index in [1.807, 2.05) is 18.2 Å². The Morgan fingerprint density at radius 3 is 2.20 bits per heavy atom. The largest absolute Gasteiger partial charge is 0.480 e. The average Bonchev–Trinajstić information content (AvgIpc) is 3.71. The van der Waals surface area contributed by atoms with Gasteiger partial charge in [0, 0.05) is 23.3 Å². The number of rotatable bonds is 8. The van der Waals surface area contributed by atoms with E-state index in [2.05, 4.69) is 95.9 Å². The van der Waals surface area contributed by atoms with Crippen LogP contribution in [0.1, 0.15) is 53.0 Å². The Kier molecular flexibility index (Phi) is 7.56. The predicted molar refractivity (Wildman–Crippen MR) is 175 cm³/mol. The van der Waals surface area contributed by atoms with Crippen LogP contribution in [0.25, 0.3) is 11.6 Å². The van der Waals surface area contributed by atoms with E-state index in [1.165, 1.54) is 40.1 Å².